The Bertz CT molecular complexity index is 824. The van der Waals surface area contributed by atoms with Crippen LogP contribution >= 0.6 is 0 Å². The lowest BCUT2D eigenvalue weighted by atomic mass is 9.76. The summed E-state index contributed by atoms with van der Waals surface area (Å²) >= 11 is 0. The minimum absolute atomic E-state index is 0.138. The van der Waals surface area contributed by atoms with Crippen molar-refractivity contribution in [2.45, 2.75) is 38.3 Å². The van der Waals surface area contributed by atoms with Crippen LogP contribution in [0.25, 0.3) is 6.08 Å². The fraction of sp³-hybridized carbons (Fsp3) is 0.381. The third-order valence-electron chi connectivity index (χ3n) is 5.53. The molecule has 24 heavy (non-hydrogen) atoms. The van der Waals surface area contributed by atoms with E-state index in [1.807, 2.05) is 6.07 Å². The van der Waals surface area contributed by atoms with Gasteiger partial charge in [-0.1, -0.05) is 25.1 Å². The van der Waals surface area contributed by atoms with Crippen LogP contribution in [0, 0.1) is 0 Å². The Labute approximate surface area is 144 Å². The van der Waals surface area contributed by atoms with Gasteiger partial charge in [0.2, 0.25) is 11.4 Å². The van der Waals surface area contributed by atoms with Gasteiger partial charge in [-0.3, -0.25) is 0 Å². The van der Waals surface area contributed by atoms with Gasteiger partial charge in [-0.25, -0.2) is 0 Å². The van der Waals surface area contributed by atoms with Crippen molar-refractivity contribution < 1.29 is 9.30 Å². The number of aromatic nitrogens is 1. The predicted molar refractivity (Wildman–Crippen MR) is 97.1 cm³/mol. The van der Waals surface area contributed by atoms with Crippen LogP contribution in [0.3, 0.4) is 0 Å². The lowest BCUT2D eigenvalue weighted by Gasteiger charge is -2.46. The molecular formula is C21H25N2O+. The average molecular weight is 321 g/mol. The standard InChI is InChI=1S/C21H25N2O/c1-5-14-23-17-10-7-6-9-16(17)20(2,3)21(23)13-12-18-19(24-21)11-8-15-22(18)4/h6-13,15H,5,14H2,1-4H3/q+1. The largest absolute Gasteiger partial charge is 0.456 e. The van der Waals surface area contributed by atoms with Crippen molar-refractivity contribution in [1.82, 2.24) is 0 Å². The Morgan fingerprint density at radius 1 is 1.12 bits per heavy atom. The van der Waals surface area contributed by atoms with E-state index in [4.69, 9.17) is 4.74 Å². The Kier molecular flexibility index (Phi) is 3.24. The minimum atomic E-state index is -0.478. The van der Waals surface area contributed by atoms with E-state index in [0.717, 1.165) is 24.4 Å². The molecule has 0 bridgehead atoms. The number of rotatable bonds is 2. The highest BCUT2D eigenvalue weighted by atomic mass is 16.5. The molecule has 1 spiro atoms. The SMILES string of the molecule is CCCN1c2ccccc2C(C)(C)C12C=Cc1c(ccc[n+]1C)O2. The van der Waals surface area contributed by atoms with Crippen LogP contribution < -0.4 is 14.2 Å². The highest BCUT2D eigenvalue weighted by molar-refractivity contribution is 5.70. The van der Waals surface area contributed by atoms with Gasteiger partial charge in [0.1, 0.15) is 7.05 Å². The summed E-state index contributed by atoms with van der Waals surface area (Å²) in [7, 11) is 2.06. The van der Waals surface area contributed by atoms with E-state index in [2.05, 4.69) is 86.0 Å². The summed E-state index contributed by atoms with van der Waals surface area (Å²) in [5.74, 6) is 0.949. The summed E-state index contributed by atoms with van der Waals surface area (Å²) in [6.07, 6.45) is 7.61. The lowest BCUT2D eigenvalue weighted by Crippen LogP contribution is -2.60. The number of anilines is 1. The van der Waals surface area contributed by atoms with Crippen LogP contribution in [0.1, 0.15) is 38.4 Å². The summed E-state index contributed by atoms with van der Waals surface area (Å²) in [6.45, 7) is 7.78. The topological polar surface area (TPSA) is 16.4 Å². The number of fused-ring (bicyclic) bond motifs is 2. The van der Waals surface area contributed by atoms with E-state index >= 15 is 0 Å². The molecule has 4 rings (SSSR count). The number of pyridine rings is 1. The summed E-state index contributed by atoms with van der Waals surface area (Å²) in [5, 5.41) is 0. The smallest absolute Gasteiger partial charge is 0.247 e. The second kappa shape index (κ2) is 5.10. The van der Waals surface area contributed by atoms with E-state index in [-0.39, 0.29) is 5.41 Å². The summed E-state index contributed by atoms with van der Waals surface area (Å²) < 4.78 is 8.85. The van der Waals surface area contributed by atoms with Crippen LogP contribution in [-0.4, -0.2) is 12.3 Å². The first-order chi connectivity index (χ1) is 11.5. The quantitative estimate of drug-likeness (QED) is 0.782. The molecule has 3 heterocycles. The van der Waals surface area contributed by atoms with Gasteiger partial charge in [-0.15, -0.1) is 0 Å². The fourth-order valence-corrected chi connectivity index (χ4v) is 4.22. The van der Waals surface area contributed by atoms with Crippen molar-refractivity contribution in [2.24, 2.45) is 7.05 Å². The third kappa shape index (κ3) is 1.81. The highest BCUT2D eigenvalue weighted by Gasteiger charge is 2.59. The molecule has 3 nitrogen and oxygen atoms in total. The Balaban J connectivity index is 1.92. The number of benzene rings is 1. The minimum Gasteiger partial charge on any atom is -0.456 e. The van der Waals surface area contributed by atoms with Crippen LogP contribution in [-0.2, 0) is 12.5 Å². The van der Waals surface area contributed by atoms with E-state index in [9.17, 15) is 0 Å². The van der Waals surface area contributed by atoms with Gasteiger partial charge < -0.3 is 9.64 Å². The first-order valence-electron chi connectivity index (χ1n) is 8.75. The zero-order valence-corrected chi connectivity index (χ0v) is 14.9. The van der Waals surface area contributed by atoms with E-state index < -0.39 is 5.72 Å². The molecule has 0 N–H and O–H groups in total. The first-order valence-corrected chi connectivity index (χ1v) is 8.75. The molecule has 0 amide bonds. The molecular weight excluding hydrogens is 296 g/mol. The molecule has 0 saturated heterocycles. The van der Waals surface area contributed by atoms with Crippen molar-refractivity contribution in [1.29, 1.82) is 0 Å². The third-order valence-corrected chi connectivity index (χ3v) is 5.53. The van der Waals surface area contributed by atoms with Crippen molar-refractivity contribution in [3.63, 3.8) is 0 Å². The van der Waals surface area contributed by atoms with Gasteiger partial charge in [-0.05, 0) is 44.0 Å². The van der Waals surface area contributed by atoms with Gasteiger partial charge in [0.25, 0.3) is 0 Å². The number of hydrogen-bond donors (Lipinski definition) is 0. The Morgan fingerprint density at radius 3 is 2.71 bits per heavy atom. The Morgan fingerprint density at radius 2 is 1.92 bits per heavy atom. The number of ether oxygens (including phenoxy) is 1. The van der Waals surface area contributed by atoms with E-state index in [0.29, 0.717) is 0 Å². The predicted octanol–water partition coefficient (Wildman–Crippen LogP) is 3.82. The molecule has 0 saturated carbocycles. The van der Waals surface area contributed by atoms with Crippen LogP contribution in [0.15, 0.2) is 48.7 Å². The zero-order chi connectivity index (χ0) is 16.9. The summed E-state index contributed by atoms with van der Waals surface area (Å²) in [5.41, 5.74) is 3.14. The van der Waals surface area contributed by atoms with Gasteiger partial charge in [-0.2, -0.15) is 4.57 Å². The molecule has 2 aliphatic heterocycles. The maximum absolute atomic E-state index is 6.74. The molecule has 1 unspecified atom stereocenters. The molecule has 1 aromatic heterocycles. The van der Waals surface area contributed by atoms with Crippen molar-refractivity contribution in [3.8, 4) is 5.75 Å². The van der Waals surface area contributed by atoms with Gasteiger partial charge in [0.15, 0.2) is 11.9 Å². The zero-order valence-electron chi connectivity index (χ0n) is 14.9. The molecule has 0 aliphatic carbocycles. The molecule has 1 aromatic carbocycles. The second-order valence-electron chi connectivity index (χ2n) is 7.29. The summed E-state index contributed by atoms with van der Waals surface area (Å²) in [6, 6.07) is 12.8. The number of aryl methyl sites for hydroxylation is 1. The molecule has 3 heteroatoms. The monoisotopic (exact) mass is 321 g/mol. The normalized spacial score (nSPS) is 23.1. The second-order valence-corrected chi connectivity index (χ2v) is 7.29. The maximum atomic E-state index is 6.74. The van der Waals surface area contributed by atoms with Crippen molar-refractivity contribution in [3.05, 3.63) is 59.9 Å². The van der Waals surface area contributed by atoms with Crippen molar-refractivity contribution in [2.75, 3.05) is 11.4 Å². The molecule has 1 atom stereocenters. The van der Waals surface area contributed by atoms with E-state index in [1.165, 1.54) is 11.3 Å². The van der Waals surface area contributed by atoms with Gasteiger partial charge >= 0.3 is 0 Å². The molecule has 2 aliphatic rings. The summed E-state index contributed by atoms with van der Waals surface area (Å²) in [4.78, 5) is 2.44. The van der Waals surface area contributed by atoms with E-state index in [1.54, 1.807) is 0 Å². The number of nitrogens with zero attached hydrogens (tertiary/aromatic N) is 2. The molecule has 0 fully saturated rings. The maximum Gasteiger partial charge on any atom is 0.247 e. The average Bonchev–Trinajstić information content (AvgIpc) is 2.75. The molecule has 0 radical (unpaired) electrons. The first kappa shape index (κ1) is 15.3. The lowest BCUT2D eigenvalue weighted by molar-refractivity contribution is -0.673. The fourth-order valence-electron chi connectivity index (χ4n) is 4.22. The van der Waals surface area contributed by atoms with Gasteiger partial charge in [0.05, 0.1) is 5.41 Å². The van der Waals surface area contributed by atoms with Crippen LogP contribution in [0.5, 0.6) is 5.75 Å². The molecule has 2 aromatic rings. The number of hydrogen-bond acceptors (Lipinski definition) is 2. The highest BCUT2D eigenvalue weighted by Crippen LogP contribution is 2.54. The molecule has 124 valence electrons. The van der Waals surface area contributed by atoms with Crippen LogP contribution in [0.4, 0.5) is 5.69 Å². The van der Waals surface area contributed by atoms with Crippen LogP contribution in [0.2, 0.25) is 0 Å². The number of para-hydroxylation sites is 1. The van der Waals surface area contributed by atoms with Gasteiger partial charge in [0, 0.05) is 24.4 Å². The van der Waals surface area contributed by atoms with Crippen molar-refractivity contribution >= 4 is 11.8 Å². The Hall–Kier alpha value is -2.29.